The van der Waals surface area contributed by atoms with Crippen LogP contribution >= 0.6 is 15.9 Å². The van der Waals surface area contributed by atoms with Crippen LogP contribution in [0.2, 0.25) is 0 Å². The largest absolute Gasteiger partial charge is 0.481 e. The highest BCUT2D eigenvalue weighted by molar-refractivity contribution is 9.10. The Morgan fingerprint density at radius 1 is 1.42 bits per heavy atom. The molecule has 0 heterocycles. The van der Waals surface area contributed by atoms with Crippen molar-refractivity contribution in [2.24, 2.45) is 5.92 Å². The second-order valence-electron chi connectivity index (χ2n) is 4.17. The molecule has 1 aromatic carbocycles. The molecule has 1 unspecified atom stereocenters. The number of nitrogens with one attached hydrogen (secondary N) is 2. The van der Waals surface area contributed by atoms with Crippen LogP contribution in [-0.4, -0.2) is 23.7 Å². The van der Waals surface area contributed by atoms with Gasteiger partial charge in [-0.25, -0.2) is 4.79 Å². The number of halogens is 1. The van der Waals surface area contributed by atoms with Gasteiger partial charge in [-0.1, -0.05) is 35.3 Å². The number of benzene rings is 1. The molecule has 3 N–H and O–H groups in total. The molecule has 1 rings (SSSR count). The summed E-state index contributed by atoms with van der Waals surface area (Å²) in [5.74, 6) is -1.43. The normalized spacial score (nSPS) is 11.7. The summed E-state index contributed by atoms with van der Waals surface area (Å²) >= 11 is 3.30. The molecule has 0 aliphatic rings. The van der Waals surface area contributed by atoms with E-state index >= 15 is 0 Å². The smallest absolute Gasteiger partial charge is 0.319 e. The first kappa shape index (κ1) is 15.5. The Kier molecular flexibility index (Phi) is 6.35. The lowest BCUT2D eigenvalue weighted by molar-refractivity contribution is -0.141. The van der Waals surface area contributed by atoms with E-state index in [0.29, 0.717) is 12.1 Å². The molecular weight excluding hydrogens is 312 g/mol. The summed E-state index contributed by atoms with van der Waals surface area (Å²) in [5, 5.41) is 14.2. The van der Waals surface area contributed by atoms with Crippen molar-refractivity contribution in [3.05, 3.63) is 28.7 Å². The van der Waals surface area contributed by atoms with Crippen LogP contribution in [0.4, 0.5) is 10.5 Å². The topological polar surface area (TPSA) is 78.4 Å². The van der Waals surface area contributed by atoms with Crippen LogP contribution in [0.15, 0.2) is 28.7 Å². The van der Waals surface area contributed by atoms with Gasteiger partial charge in [0.15, 0.2) is 0 Å². The van der Waals surface area contributed by atoms with Crippen molar-refractivity contribution in [3.63, 3.8) is 0 Å². The Balaban J connectivity index is 2.45. The molecule has 6 heteroatoms. The minimum atomic E-state index is -0.885. The molecular formula is C13H17BrN2O3. The van der Waals surface area contributed by atoms with Gasteiger partial charge in [0.1, 0.15) is 0 Å². The molecule has 0 aliphatic heterocycles. The third kappa shape index (κ3) is 5.74. The van der Waals surface area contributed by atoms with E-state index in [4.69, 9.17) is 5.11 Å². The van der Waals surface area contributed by atoms with Crippen LogP contribution in [0.25, 0.3) is 0 Å². The van der Waals surface area contributed by atoms with Crippen molar-refractivity contribution in [1.29, 1.82) is 0 Å². The summed E-state index contributed by atoms with van der Waals surface area (Å²) in [5.41, 5.74) is 0.647. The number of hydrogen-bond donors (Lipinski definition) is 3. The number of carbonyl (C=O) groups is 2. The van der Waals surface area contributed by atoms with E-state index in [1.165, 1.54) is 0 Å². The average molecular weight is 329 g/mol. The van der Waals surface area contributed by atoms with Gasteiger partial charge < -0.3 is 15.7 Å². The predicted octanol–water partition coefficient (Wildman–Crippen LogP) is 3.07. The molecule has 0 saturated heterocycles. The maximum Gasteiger partial charge on any atom is 0.319 e. The first-order valence-electron chi connectivity index (χ1n) is 6.06. The summed E-state index contributed by atoms with van der Waals surface area (Å²) < 4.78 is 0.861. The number of anilines is 1. The Labute approximate surface area is 120 Å². The van der Waals surface area contributed by atoms with Gasteiger partial charge in [-0.15, -0.1) is 0 Å². The lowest BCUT2D eigenvalue weighted by Gasteiger charge is -2.13. The quantitative estimate of drug-likeness (QED) is 0.750. The van der Waals surface area contributed by atoms with Gasteiger partial charge in [-0.05, 0) is 24.6 Å². The number of urea groups is 1. The van der Waals surface area contributed by atoms with Gasteiger partial charge in [0.05, 0.1) is 5.92 Å². The molecule has 0 saturated carbocycles. The number of hydrogen-bond acceptors (Lipinski definition) is 2. The van der Waals surface area contributed by atoms with Crippen molar-refractivity contribution in [2.45, 2.75) is 19.8 Å². The number of carboxylic acid groups (broad SMARTS) is 1. The van der Waals surface area contributed by atoms with E-state index in [0.717, 1.165) is 10.9 Å². The molecule has 0 spiro atoms. The van der Waals surface area contributed by atoms with Crippen LogP contribution in [0.3, 0.4) is 0 Å². The van der Waals surface area contributed by atoms with Crippen molar-refractivity contribution in [1.82, 2.24) is 5.32 Å². The highest BCUT2D eigenvalue weighted by Gasteiger charge is 2.17. The minimum absolute atomic E-state index is 0.128. The molecule has 1 atom stereocenters. The fraction of sp³-hybridized carbons (Fsp3) is 0.385. The van der Waals surface area contributed by atoms with Gasteiger partial charge in [0.2, 0.25) is 0 Å². The molecule has 2 amide bonds. The Bertz CT molecular complexity index is 451. The van der Waals surface area contributed by atoms with E-state index in [9.17, 15) is 9.59 Å². The summed E-state index contributed by atoms with van der Waals surface area (Å²) in [6.45, 7) is 2.04. The zero-order valence-corrected chi connectivity index (χ0v) is 12.2. The van der Waals surface area contributed by atoms with Crippen molar-refractivity contribution in [2.75, 3.05) is 11.9 Å². The molecule has 1 aromatic rings. The Morgan fingerprint density at radius 3 is 2.74 bits per heavy atom. The molecule has 0 aromatic heterocycles. The molecule has 104 valence electrons. The average Bonchev–Trinajstić information content (AvgIpc) is 2.34. The van der Waals surface area contributed by atoms with E-state index in [2.05, 4.69) is 26.6 Å². The number of rotatable bonds is 6. The lowest BCUT2D eigenvalue weighted by atomic mass is 10.0. The van der Waals surface area contributed by atoms with Crippen molar-refractivity contribution < 1.29 is 14.7 Å². The highest BCUT2D eigenvalue weighted by atomic mass is 79.9. The molecule has 0 aliphatic carbocycles. The molecule has 5 nitrogen and oxygen atoms in total. The van der Waals surface area contributed by atoms with Gasteiger partial charge in [-0.3, -0.25) is 4.79 Å². The maximum atomic E-state index is 11.6. The molecule has 0 radical (unpaired) electrons. The first-order valence-corrected chi connectivity index (χ1v) is 6.85. The summed E-state index contributed by atoms with van der Waals surface area (Å²) in [4.78, 5) is 22.6. The fourth-order valence-electron chi connectivity index (χ4n) is 1.62. The van der Waals surface area contributed by atoms with E-state index in [1.54, 1.807) is 18.2 Å². The van der Waals surface area contributed by atoms with Gasteiger partial charge in [-0.2, -0.15) is 0 Å². The van der Waals surface area contributed by atoms with Crippen LogP contribution in [0.5, 0.6) is 0 Å². The number of aliphatic carboxylic acids is 1. The second kappa shape index (κ2) is 7.78. The standard InChI is InChI=1S/C13H17BrN2O3/c1-2-4-9(12(17)18)8-15-13(19)16-11-6-3-5-10(14)7-11/h3,5-7,9H,2,4,8H2,1H3,(H,17,18)(H2,15,16,19). The van der Waals surface area contributed by atoms with E-state index in [-0.39, 0.29) is 6.54 Å². The predicted molar refractivity (Wildman–Crippen MR) is 77.2 cm³/mol. The second-order valence-corrected chi connectivity index (χ2v) is 5.08. The van der Waals surface area contributed by atoms with E-state index < -0.39 is 17.9 Å². The van der Waals surface area contributed by atoms with Crippen LogP contribution in [0, 0.1) is 5.92 Å². The Hall–Kier alpha value is -1.56. The monoisotopic (exact) mass is 328 g/mol. The van der Waals surface area contributed by atoms with Crippen LogP contribution < -0.4 is 10.6 Å². The number of amides is 2. The number of carboxylic acids is 1. The van der Waals surface area contributed by atoms with Gasteiger partial charge in [0.25, 0.3) is 0 Å². The minimum Gasteiger partial charge on any atom is -0.481 e. The first-order chi connectivity index (χ1) is 9.02. The lowest BCUT2D eigenvalue weighted by Crippen LogP contribution is -2.35. The van der Waals surface area contributed by atoms with Crippen molar-refractivity contribution in [3.8, 4) is 0 Å². The van der Waals surface area contributed by atoms with E-state index in [1.807, 2.05) is 13.0 Å². The van der Waals surface area contributed by atoms with Crippen molar-refractivity contribution >= 4 is 33.6 Å². The highest BCUT2D eigenvalue weighted by Crippen LogP contribution is 2.15. The molecule has 0 bridgehead atoms. The Morgan fingerprint density at radius 2 is 2.16 bits per heavy atom. The molecule has 19 heavy (non-hydrogen) atoms. The fourth-order valence-corrected chi connectivity index (χ4v) is 2.02. The van der Waals surface area contributed by atoms with Gasteiger partial charge >= 0.3 is 12.0 Å². The third-order valence-corrected chi connectivity index (χ3v) is 3.07. The van der Waals surface area contributed by atoms with Crippen LogP contribution in [-0.2, 0) is 4.79 Å². The summed E-state index contributed by atoms with van der Waals surface area (Å²) in [6, 6.07) is 6.77. The summed E-state index contributed by atoms with van der Waals surface area (Å²) in [6.07, 6.45) is 1.32. The summed E-state index contributed by atoms with van der Waals surface area (Å²) in [7, 11) is 0. The molecule has 0 fully saturated rings. The zero-order chi connectivity index (χ0) is 14.3. The third-order valence-electron chi connectivity index (χ3n) is 2.58. The van der Waals surface area contributed by atoms with Gasteiger partial charge in [0, 0.05) is 16.7 Å². The number of carbonyl (C=O) groups excluding carboxylic acids is 1. The van der Waals surface area contributed by atoms with Crippen LogP contribution in [0.1, 0.15) is 19.8 Å². The maximum absolute atomic E-state index is 11.6. The zero-order valence-electron chi connectivity index (χ0n) is 10.6. The SMILES string of the molecule is CCCC(CNC(=O)Nc1cccc(Br)c1)C(=O)O.